The third kappa shape index (κ3) is 6.26. The van der Waals surface area contributed by atoms with E-state index in [1.54, 1.807) is 37.3 Å². The van der Waals surface area contributed by atoms with Crippen LogP contribution in [-0.4, -0.2) is 58.9 Å². The van der Waals surface area contributed by atoms with Crippen molar-refractivity contribution in [3.05, 3.63) is 76.6 Å². The van der Waals surface area contributed by atoms with Gasteiger partial charge in [0.15, 0.2) is 0 Å². The van der Waals surface area contributed by atoms with Gasteiger partial charge in [0.2, 0.25) is 5.88 Å². The van der Waals surface area contributed by atoms with Crippen LogP contribution in [0.5, 0.6) is 5.88 Å². The zero-order valence-corrected chi connectivity index (χ0v) is 20.6. The molecule has 1 unspecified atom stereocenters. The van der Waals surface area contributed by atoms with E-state index >= 15 is 0 Å². The second-order valence-electron chi connectivity index (χ2n) is 9.22. The molecule has 4 rings (SSSR count). The first-order valence-corrected chi connectivity index (χ1v) is 12.1. The Balaban J connectivity index is 1.40. The number of pyridine rings is 1. The fourth-order valence-electron chi connectivity index (χ4n) is 4.60. The van der Waals surface area contributed by atoms with Crippen molar-refractivity contribution in [2.75, 3.05) is 26.7 Å². The molecule has 1 fully saturated rings. The highest BCUT2D eigenvalue weighted by atomic mass is 19.1. The summed E-state index contributed by atoms with van der Waals surface area (Å²) in [5.41, 5.74) is 3.57. The summed E-state index contributed by atoms with van der Waals surface area (Å²) in [4.78, 5) is 17.8. The average molecular weight is 494 g/mol. The summed E-state index contributed by atoms with van der Waals surface area (Å²) in [6.45, 7) is 4.54. The summed E-state index contributed by atoms with van der Waals surface area (Å²) in [7, 11) is 1.53. The van der Waals surface area contributed by atoms with Crippen LogP contribution in [0.1, 0.15) is 41.2 Å². The number of aromatic nitrogens is 1. The third-order valence-corrected chi connectivity index (χ3v) is 6.72. The number of aliphatic carboxylic acids is 1. The molecule has 7 nitrogen and oxygen atoms in total. The summed E-state index contributed by atoms with van der Waals surface area (Å²) in [5, 5.41) is 24.4. The minimum absolute atomic E-state index is 0.177. The lowest BCUT2D eigenvalue weighted by Gasteiger charge is -2.33. The van der Waals surface area contributed by atoms with Gasteiger partial charge in [-0.05, 0) is 67.8 Å². The number of nitrogens with one attached hydrogen (secondary N) is 1. The fraction of sp³-hybridized carbons (Fsp3) is 0.357. The number of aliphatic hydroxyl groups excluding tert-OH is 1. The van der Waals surface area contributed by atoms with Crippen molar-refractivity contribution in [3.63, 3.8) is 0 Å². The molecule has 0 saturated carbocycles. The van der Waals surface area contributed by atoms with Crippen LogP contribution in [0.25, 0.3) is 17.0 Å². The molecule has 1 saturated heterocycles. The number of rotatable bonds is 9. The number of aliphatic hydroxyl groups is 1. The summed E-state index contributed by atoms with van der Waals surface area (Å²) >= 11 is 0. The lowest BCUT2D eigenvalue weighted by Crippen LogP contribution is -2.43. The molecule has 1 aliphatic heterocycles. The number of carbonyl (C=O) groups is 1. The fourth-order valence-corrected chi connectivity index (χ4v) is 4.60. The number of likely N-dealkylation sites (tertiary alicyclic amines) is 1. The van der Waals surface area contributed by atoms with Gasteiger partial charge in [0.05, 0.1) is 18.7 Å². The Morgan fingerprint density at radius 2 is 2.03 bits per heavy atom. The van der Waals surface area contributed by atoms with Crippen molar-refractivity contribution < 1.29 is 24.1 Å². The molecular weight excluding hydrogens is 461 g/mol. The van der Waals surface area contributed by atoms with E-state index in [4.69, 9.17) is 9.84 Å². The molecule has 0 spiro atoms. The molecular formula is C28H32FN3O4. The molecule has 1 aliphatic rings. The molecule has 0 aliphatic carbocycles. The highest BCUT2D eigenvalue weighted by Crippen LogP contribution is 2.29. The number of nitrogens with zero attached hydrogens (tertiary/aromatic N) is 2. The number of piperidine rings is 1. The third-order valence-electron chi connectivity index (χ3n) is 6.72. The van der Waals surface area contributed by atoms with Crippen molar-refractivity contribution in [1.82, 2.24) is 15.2 Å². The number of hydrogen-bond donors (Lipinski definition) is 3. The first kappa shape index (κ1) is 25.8. The standard InChI is InChI=1S/C28H32FN3O4/c1-18-3-4-19(15-24(18)29)16-30-21-11-13-32(14-12-21)17-25(33)23-7-5-20(6-10-27(34)35)22-8-9-26(36-2)31-28(22)23/h3-10,15,21,25,30,33H,11-14,16-17H2,1-2H3,(H,34,35)/b10-6+. The van der Waals surface area contributed by atoms with E-state index in [2.05, 4.69) is 15.2 Å². The van der Waals surface area contributed by atoms with Gasteiger partial charge in [-0.25, -0.2) is 14.2 Å². The number of halogens is 1. The zero-order valence-electron chi connectivity index (χ0n) is 20.6. The van der Waals surface area contributed by atoms with Crippen molar-refractivity contribution in [1.29, 1.82) is 0 Å². The Hall–Kier alpha value is -3.33. The Kier molecular flexibility index (Phi) is 8.30. The number of carboxylic acid groups (broad SMARTS) is 1. The van der Waals surface area contributed by atoms with Crippen LogP contribution >= 0.6 is 0 Å². The zero-order chi connectivity index (χ0) is 25.7. The molecule has 2 aromatic carbocycles. The van der Waals surface area contributed by atoms with Gasteiger partial charge in [0.1, 0.15) is 5.82 Å². The Morgan fingerprint density at radius 3 is 2.72 bits per heavy atom. The van der Waals surface area contributed by atoms with Crippen LogP contribution in [0.2, 0.25) is 0 Å². The molecule has 2 heterocycles. The van der Waals surface area contributed by atoms with E-state index in [0.717, 1.165) is 43.0 Å². The highest BCUT2D eigenvalue weighted by Gasteiger charge is 2.23. The predicted molar refractivity (Wildman–Crippen MR) is 137 cm³/mol. The Labute approximate surface area is 210 Å². The van der Waals surface area contributed by atoms with E-state index in [0.29, 0.717) is 47.2 Å². The van der Waals surface area contributed by atoms with E-state index in [-0.39, 0.29) is 5.82 Å². The van der Waals surface area contributed by atoms with Gasteiger partial charge in [-0.3, -0.25) is 0 Å². The van der Waals surface area contributed by atoms with E-state index in [1.165, 1.54) is 13.2 Å². The number of fused-ring (bicyclic) bond motifs is 1. The number of benzene rings is 2. The molecule has 1 atom stereocenters. The first-order valence-electron chi connectivity index (χ1n) is 12.1. The lowest BCUT2D eigenvalue weighted by molar-refractivity contribution is -0.131. The summed E-state index contributed by atoms with van der Waals surface area (Å²) in [6, 6.07) is 12.8. The quantitative estimate of drug-likeness (QED) is 0.387. The van der Waals surface area contributed by atoms with Crippen LogP contribution in [0.3, 0.4) is 0 Å². The summed E-state index contributed by atoms with van der Waals surface area (Å²) < 4.78 is 19.1. The normalized spacial score (nSPS) is 16.0. The van der Waals surface area contributed by atoms with Gasteiger partial charge in [0.25, 0.3) is 0 Å². The first-order chi connectivity index (χ1) is 17.3. The van der Waals surface area contributed by atoms with Gasteiger partial charge in [-0.2, -0.15) is 0 Å². The minimum Gasteiger partial charge on any atom is -0.481 e. The summed E-state index contributed by atoms with van der Waals surface area (Å²) in [6.07, 6.45) is 3.73. The second kappa shape index (κ2) is 11.6. The number of methoxy groups -OCH3 is 1. The summed E-state index contributed by atoms with van der Waals surface area (Å²) in [5.74, 6) is -0.781. The molecule has 0 bridgehead atoms. The van der Waals surface area contributed by atoms with Crippen molar-refractivity contribution in [2.45, 2.75) is 38.5 Å². The molecule has 0 radical (unpaired) electrons. The monoisotopic (exact) mass is 493 g/mol. The van der Waals surface area contributed by atoms with Gasteiger partial charge in [0, 0.05) is 42.2 Å². The van der Waals surface area contributed by atoms with Gasteiger partial charge in [-0.1, -0.05) is 24.3 Å². The molecule has 0 amide bonds. The van der Waals surface area contributed by atoms with E-state index in [1.807, 2.05) is 12.1 Å². The van der Waals surface area contributed by atoms with Crippen LogP contribution in [-0.2, 0) is 11.3 Å². The van der Waals surface area contributed by atoms with Gasteiger partial charge >= 0.3 is 5.97 Å². The highest BCUT2D eigenvalue weighted by molar-refractivity contribution is 5.94. The van der Waals surface area contributed by atoms with Crippen molar-refractivity contribution in [3.8, 4) is 5.88 Å². The Morgan fingerprint density at radius 1 is 1.25 bits per heavy atom. The maximum atomic E-state index is 13.8. The van der Waals surface area contributed by atoms with Crippen LogP contribution in [0.15, 0.2) is 48.5 Å². The minimum atomic E-state index is -1.03. The van der Waals surface area contributed by atoms with E-state index < -0.39 is 12.1 Å². The van der Waals surface area contributed by atoms with Gasteiger partial charge in [-0.15, -0.1) is 0 Å². The molecule has 8 heteroatoms. The van der Waals surface area contributed by atoms with Crippen molar-refractivity contribution in [2.24, 2.45) is 0 Å². The van der Waals surface area contributed by atoms with Gasteiger partial charge < -0.3 is 25.2 Å². The lowest BCUT2D eigenvalue weighted by atomic mass is 9.98. The van der Waals surface area contributed by atoms with Crippen molar-refractivity contribution >= 4 is 22.9 Å². The average Bonchev–Trinajstić information content (AvgIpc) is 2.88. The van der Waals surface area contributed by atoms with Crippen LogP contribution < -0.4 is 10.1 Å². The smallest absolute Gasteiger partial charge is 0.328 e. The number of hydrogen-bond acceptors (Lipinski definition) is 6. The predicted octanol–water partition coefficient (Wildman–Crippen LogP) is 4.08. The van der Waals surface area contributed by atoms with Crippen LogP contribution in [0, 0.1) is 12.7 Å². The number of aryl methyl sites for hydroxylation is 1. The maximum Gasteiger partial charge on any atom is 0.328 e. The number of carboxylic acids is 1. The Bertz CT molecular complexity index is 1260. The second-order valence-corrected chi connectivity index (χ2v) is 9.22. The molecule has 3 N–H and O–H groups in total. The molecule has 36 heavy (non-hydrogen) atoms. The molecule has 190 valence electrons. The SMILES string of the molecule is COc1ccc2c(/C=C/C(=O)O)ccc(C(O)CN3CCC(NCc4ccc(C)c(F)c4)CC3)c2n1. The number of β-amino-alcohol motifs (C(OH)–C–C–N with tert-alkyl or cyclic N) is 1. The van der Waals surface area contributed by atoms with Crippen LogP contribution in [0.4, 0.5) is 4.39 Å². The molecule has 1 aromatic heterocycles. The maximum absolute atomic E-state index is 13.8. The largest absolute Gasteiger partial charge is 0.481 e. The number of ether oxygens (including phenoxy) is 1. The molecule has 3 aromatic rings. The van der Waals surface area contributed by atoms with E-state index in [9.17, 15) is 14.3 Å². The topological polar surface area (TPSA) is 94.9 Å².